The highest BCUT2D eigenvalue weighted by molar-refractivity contribution is 5.82. The van der Waals surface area contributed by atoms with Crippen molar-refractivity contribution in [2.24, 2.45) is 0 Å². The van der Waals surface area contributed by atoms with Crippen LogP contribution in [0.5, 0.6) is 5.75 Å². The van der Waals surface area contributed by atoms with E-state index in [2.05, 4.69) is 0 Å². The van der Waals surface area contributed by atoms with Crippen LogP contribution in [0.25, 0.3) is 11.0 Å². The summed E-state index contributed by atoms with van der Waals surface area (Å²) in [4.78, 5) is 11.9. The Hall–Kier alpha value is -3.03. The Labute approximate surface area is 145 Å². The minimum Gasteiger partial charge on any atom is -0.458 e. The van der Waals surface area contributed by atoms with E-state index in [1.54, 1.807) is 23.5 Å². The molecule has 0 bridgehead atoms. The standard InChI is InChI=1S/C18H13F4NO3/c1-10-13-9-11(19)7-8-14(13)26-15(10)16(18(20,21)22)23-17(24)25-12-5-3-2-4-6-12/h2-9,16H,1H3,(H,23,24)/t16-/m1/s1. The number of hydrogen-bond donors (Lipinski definition) is 1. The van der Waals surface area contributed by atoms with Gasteiger partial charge in [-0.15, -0.1) is 0 Å². The van der Waals surface area contributed by atoms with E-state index < -0.39 is 29.9 Å². The first-order valence-electron chi connectivity index (χ1n) is 7.54. The first-order chi connectivity index (χ1) is 12.3. The lowest BCUT2D eigenvalue weighted by Crippen LogP contribution is -2.39. The molecule has 0 unspecified atom stereocenters. The summed E-state index contributed by atoms with van der Waals surface area (Å²) in [5, 5.41) is 1.97. The number of carbonyl (C=O) groups is 1. The SMILES string of the molecule is Cc1c([C@@H](NC(=O)Oc2ccccc2)C(F)(F)F)oc2ccc(F)cc12. The highest BCUT2D eigenvalue weighted by atomic mass is 19.4. The average Bonchev–Trinajstić information content (AvgIpc) is 2.89. The molecule has 4 nitrogen and oxygen atoms in total. The third-order valence-electron chi connectivity index (χ3n) is 3.74. The van der Waals surface area contributed by atoms with Gasteiger partial charge in [0.2, 0.25) is 0 Å². The number of halogens is 4. The van der Waals surface area contributed by atoms with E-state index in [4.69, 9.17) is 9.15 Å². The van der Waals surface area contributed by atoms with Crippen LogP contribution in [0.3, 0.4) is 0 Å². The van der Waals surface area contributed by atoms with E-state index in [-0.39, 0.29) is 22.3 Å². The molecule has 0 saturated heterocycles. The molecule has 1 heterocycles. The third-order valence-corrected chi connectivity index (χ3v) is 3.74. The molecular formula is C18H13F4NO3. The summed E-state index contributed by atoms with van der Waals surface area (Å²) in [6.07, 6.45) is -6.13. The lowest BCUT2D eigenvalue weighted by molar-refractivity contribution is -0.159. The minimum absolute atomic E-state index is 0.0850. The Morgan fingerprint density at radius 3 is 2.50 bits per heavy atom. The molecule has 0 spiro atoms. The summed E-state index contributed by atoms with van der Waals surface area (Å²) in [5.74, 6) is -1.04. The van der Waals surface area contributed by atoms with E-state index in [1.165, 1.54) is 25.1 Å². The van der Waals surface area contributed by atoms with Gasteiger partial charge < -0.3 is 14.5 Å². The summed E-state index contributed by atoms with van der Waals surface area (Å²) in [5.41, 5.74) is 0.174. The number of benzene rings is 2. The number of nitrogens with one attached hydrogen (secondary N) is 1. The molecule has 8 heteroatoms. The predicted molar refractivity (Wildman–Crippen MR) is 85.3 cm³/mol. The Kier molecular flexibility index (Phi) is 4.58. The highest BCUT2D eigenvalue weighted by Crippen LogP contribution is 2.38. The summed E-state index contributed by atoms with van der Waals surface area (Å²) >= 11 is 0. The molecule has 2 aromatic carbocycles. The number of para-hydroxylation sites is 1. The van der Waals surface area contributed by atoms with Gasteiger partial charge in [-0.05, 0) is 37.3 Å². The van der Waals surface area contributed by atoms with Crippen molar-refractivity contribution < 1.29 is 31.5 Å². The van der Waals surface area contributed by atoms with Crippen LogP contribution >= 0.6 is 0 Å². The third kappa shape index (κ3) is 3.63. The van der Waals surface area contributed by atoms with E-state index in [0.29, 0.717) is 0 Å². The maximum atomic E-state index is 13.5. The number of rotatable bonds is 3. The van der Waals surface area contributed by atoms with Crippen LogP contribution in [0, 0.1) is 12.7 Å². The zero-order valence-corrected chi connectivity index (χ0v) is 13.4. The number of fused-ring (bicyclic) bond motifs is 1. The lowest BCUT2D eigenvalue weighted by atomic mass is 10.1. The molecule has 26 heavy (non-hydrogen) atoms. The molecule has 1 N–H and O–H groups in total. The summed E-state index contributed by atoms with van der Waals surface area (Å²) < 4.78 is 63.9. The Morgan fingerprint density at radius 1 is 1.15 bits per heavy atom. The Bertz CT molecular complexity index is 935. The van der Waals surface area contributed by atoms with E-state index >= 15 is 0 Å². The molecule has 1 aromatic heterocycles. The molecular weight excluding hydrogens is 354 g/mol. The zero-order chi connectivity index (χ0) is 18.9. The Morgan fingerprint density at radius 2 is 1.85 bits per heavy atom. The van der Waals surface area contributed by atoms with Gasteiger partial charge >= 0.3 is 12.3 Å². The number of aryl methyl sites for hydroxylation is 1. The number of carbonyl (C=O) groups excluding carboxylic acids is 1. The molecule has 0 aliphatic heterocycles. The number of ether oxygens (including phenoxy) is 1. The summed E-state index contributed by atoms with van der Waals surface area (Å²) in [6.45, 7) is 1.36. The quantitative estimate of drug-likeness (QED) is 0.642. The van der Waals surface area contributed by atoms with Crippen molar-refractivity contribution in [1.82, 2.24) is 5.32 Å². The first-order valence-corrected chi connectivity index (χ1v) is 7.54. The monoisotopic (exact) mass is 367 g/mol. The number of alkyl halides is 3. The van der Waals surface area contributed by atoms with Crippen LogP contribution in [0.2, 0.25) is 0 Å². The summed E-state index contributed by atoms with van der Waals surface area (Å²) in [6, 6.07) is 8.62. The highest BCUT2D eigenvalue weighted by Gasteiger charge is 2.45. The zero-order valence-electron chi connectivity index (χ0n) is 13.4. The van der Waals surface area contributed by atoms with Crippen LogP contribution in [0.1, 0.15) is 17.4 Å². The molecule has 0 radical (unpaired) electrons. The minimum atomic E-state index is -4.84. The second-order valence-corrected chi connectivity index (χ2v) is 5.55. The van der Waals surface area contributed by atoms with Crippen molar-refractivity contribution in [2.75, 3.05) is 0 Å². The van der Waals surface area contributed by atoms with Crippen LogP contribution in [0.15, 0.2) is 52.9 Å². The van der Waals surface area contributed by atoms with E-state index in [1.807, 2.05) is 0 Å². The average molecular weight is 367 g/mol. The van der Waals surface area contributed by atoms with Gasteiger partial charge in [0.1, 0.15) is 22.9 Å². The number of hydrogen-bond acceptors (Lipinski definition) is 3. The smallest absolute Gasteiger partial charge is 0.416 e. The molecule has 3 aromatic rings. The van der Waals surface area contributed by atoms with Gasteiger partial charge in [-0.2, -0.15) is 13.2 Å². The second-order valence-electron chi connectivity index (χ2n) is 5.55. The van der Waals surface area contributed by atoms with Crippen molar-refractivity contribution in [3.8, 4) is 5.75 Å². The normalized spacial score (nSPS) is 12.8. The van der Waals surface area contributed by atoms with Gasteiger partial charge in [-0.25, -0.2) is 9.18 Å². The molecule has 0 aliphatic rings. The summed E-state index contributed by atoms with van der Waals surface area (Å²) in [7, 11) is 0. The van der Waals surface area contributed by atoms with Gasteiger partial charge in [0.15, 0.2) is 6.04 Å². The fourth-order valence-electron chi connectivity index (χ4n) is 2.53. The predicted octanol–water partition coefficient (Wildman–Crippen LogP) is 5.27. The van der Waals surface area contributed by atoms with Crippen LogP contribution in [0.4, 0.5) is 22.4 Å². The fourth-order valence-corrected chi connectivity index (χ4v) is 2.53. The van der Waals surface area contributed by atoms with Crippen LogP contribution in [-0.2, 0) is 0 Å². The first kappa shape index (κ1) is 17.8. The van der Waals surface area contributed by atoms with Gasteiger partial charge in [0.05, 0.1) is 0 Å². The molecule has 0 aliphatic carbocycles. The van der Waals surface area contributed by atoms with Gasteiger partial charge in [0, 0.05) is 10.9 Å². The van der Waals surface area contributed by atoms with Gasteiger partial charge in [-0.1, -0.05) is 18.2 Å². The number of furan rings is 1. The van der Waals surface area contributed by atoms with Crippen molar-refractivity contribution in [1.29, 1.82) is 0 Å². The maximum absolute atomic E-state index is 13.5. The molecule has 136 valence electrons. The van der Waals surface area contributed by atoms with Crippen LogP contribution in [-0.4, -0.2) is 12.3 Å². The molecule has 0 saturated carbocycles. The van der Waals surface area contributed by atoms with E-state index in [9.17, 15) is 22.4 Å². The Balaban J connectivity index is 1.92. The number of amides is 1. The molecule has 1 atom stereocenters. The van der Waals surface area contributed by atoms with Crippen molar-refractivity contribution in [3.63, 3.8) is 0 Å². The second kappa shape index (κ2) is 6.70. The van der Waals surface area contributed by atoms with Crippen molar-refractivity contribution >= 4 is 17.1 Å². The molecule has 0 fully saturated rings. The lowest BCUT2D eigenvalue weighted by Gasteiger charge is -2.20. The van der Waals surface area contributed by atoms with Crippen molar-refractivity contribution in [2.45, 2.75) is 19.1 Å². The molecule has 3 rings (SSSR count). The van der Waals surface area contributed by atoms with E-state index in [0.717, 1.165) is 12.1 Å². The topological polar surface area (TPSA) is 51.5 Å². The van der Waals surface area contributed by atoms with Crippen LogP contribution < -0.4 is 10.1 Å². The van der Waals surface area contributed by atoms with Gasteiger partial charge in [-0.3, -0.25) is 0 Å². The largest absolute Gasteiger partial charge is 0.458 e. The molecule has 1 amide bonds. The van der Waals surface area contributed by atoms with Crippen molar-refractivity contribution in [3.05, 3.63) is 65.7 Å². The van der Waals surface area contributed by atoms with Gasteiger partial charge in [0.25, 0.3) is 0 Å². The maximum Gasteiger partial charge on any atom is 0.416 e. The fraction of sp³-hybridized carbons (Fsp3) is 0.167.